The summed E-state index contributed by atoms with van der Waals surface area (Å²) in [7, 11) is 0. The topological polar surface area (TPSA) is 223 Å². The Bertz CT molecular complexity index is 1270. The molecule has 0 unspecified atom stereocenters. The zero-order valence-electron chi connectivity index (χ0n) is 30.9. The van der Waals surface area contributed by atoms with E-state index in [2.05, 4.69) is 26.6 Å². The summed E-state index contributed by atoms with van der Waals surface area (Å²) >= 11 is 0. The number of carbonyl (C=O) groups is 6. The van der Waals surface area contributed by atoms with Crippen LogP contribution < -0.4 is 26.6 Å². The van der Waals surface area contributed by atoms with Crippen LogP contribution in [0.15, 0.2) is 30.3 Å². The van der Waals surface area contributed by atoms with Crippen molar-refractivity contribution in [2.45, 2.75) is 130 Å². The number of aliphatic hydroxyl groups is 2. The lowest BCUT2D eigenvalue weighted by molar-refractivity contribution is -0.140. The maximum absolute atomic E-state index is 13.5. The van der Waals surface area contributed by atoms with Crippen LogP contribution in [0.1, 0.15) is 87.1 Å². The number of benzene rings is 1. The number of carbonyl (C=O) groups excluding carboxylic acids is 5. The number of hydrogen-bond acceptors (Lipinski definition) is 8. The second-order valence-electron chi connectivity index (χ2n) is 14.4. The predicted molar refractivity (Wildman–Crippen MR) is 188 cm³/mol. The molecule has 1 aromatic rings. The molecule has 282 valence electrons. The maximum atomic E-state index is 13.5. The van der Waals surface area contributed by atoms with Gasteiger partial charge in [-0.25, -0.2) is 0 Å². The molecule has 8 N–H and O–H groups in total. The van der Waals surface area contributed by atoms with E-state index in [0.717, 1.165) is 5.56 Å². The number of aliphatic carboxylic acids is 1. The molecule has 0 saturated carbocycles. The smallest absolute Gasteiger partial charge is 0.306 e. The molecule has 14 nitrogen and oxygen atoms in total. The van der Waals surface area contributed by atoms with Crippen LogP contribution in [0.5, 0.6) is 0 Å². The summed E-state index contributed by atoms with van der Waals surface area (Å²) in [6.07, 6.45) is -3.34. The lowest BCUT2D eigenvalue weighted by Gasteiger charge is -2.31. The average molecular weight is 706 g/mol. The van der Waals surface area contributed by atoms with Gasteiger partial charge in [0.1, 0.15) is 18.1 Å². The van der Waals surface area contributed by atoms with Crippen LogP contribution >= 0.6 is 0 Å². The normalized spacial score (nSPS) is 15.7. The summed E-state index contributed by atoms with van der Waals surface area (Å²) < 4.78 is 0. The molecule has 0 aromatic heterocycles. The highest BCUT2D eigenvalue weighted by Gasteiger charge is 2.34. The van der Waals surface area contributed by atoms with Gasteiger partial charge in [-0.15, -0.1) is 0 Å². The SMILES string of the molecule is CC(C)C[C@H](NC(=O)[C@@H](NC(=O)[C@@H](NC(=O)C(C)C)C(C)C)C(C)C)[C@@H](O)CC(=O)N[C@@H](C)C(=O)N[C@@H](Cc1ccccc1)[C@@H](O)CC(=O)O. The summed E-state index contributed by atoms with van der Waals surface area (Å²) in [6.45, 7) is 15.7. The van der Waals surface area contributed by atoms with E-state index in [9.17, 15) is 39.0 Å². The fourth-order valence-electron chi connectivity index (χ4n) is 5.20. The van der Waals surface area contributed by atoms with Gasteiger partial charge >= 0.3 is 5.97 Å². The van der Waals surface area contributed by atoms with Gasteiger partial charge in [-0.3, -0.25) is 28.8 Å². The van der Waals surface area contributed by atoms with E-state index in [4.69, 9.17) is 5.11 Å². The molecule has 5 amide bonds. The summed E-state index contributed by atoms with van der Waals surface area (Å²) in [5.74, 6) is -4.89. The molecule has 50 heavy (non-hydrogen) atoms. The van der Waals surface area contributed by atoms with Crippen molar-refractivity contribution in [3.8, 4) is 0 Å². The molecule has 0 heterocycles. The van der Waals surface area contributed by atoms with Crippen molar-refractivity contribution in [1.82, 2.24) is 26.6 Å². The standard InChI is InChI=1S/C36H59N5O9/c1-19(2)15-25(39-35(49)31(20(3)4)41-36(50)32(21(5)6)40-33(47)22(7)8)27(42)17-29(44)37-23(9)34(48)38-26(28(43)18-30(45)46)16-24-13-11-10-12-14-24/h10-14,19-23,25-28,31-32,42-43H,15-18H2,1-9H3,(H,37,44)(H,38,48)(H,39,49)(H,40,47)(H,41,50)(H,45,46)/t23-,25-,26-,27-,28-,31-,32-/m0/s1. The number of hydrogen-bond donors (Lipinski definition) is 8. The Labute approximate surface area is 295 Å². The number of nitrogens with one attached hydrogen (secondary N) is 5. The highest BCUT2D eigenvalue weighted by atomic mass is 16.4. The van der Waals surface area contributed by atoms with Crippen LogP contribution in [0.2, 0.25) is 0 Å². The largest absolute Gasteiger partial charge is 0.481 e. The first-order chi connectivity index (χ1) is 23.2. The molecule has 0 radical (unpaired) electrons. The lowest BCUT2D eigenvalue weighted by atomic mass is 9.95. The lowest BCUT2D eigenvalue weighted by Crippen LogP contribution is -2.59. The molecular weight excluding hydrogens is 646 g/mol. The highest BCUT2D eigenvalue weighted by molar-refractivity contribution is 5.93. The van der Waals surface area contributed by atoms with Crippen LogP contribution in [0, 0.1) is 23.7 Å². The number of rotatable bonds is 21. The first-order valence-electron chi connectivity index (χ1n) is 17.4. The molecule has 0 fully saturated rings. The third-order valence-electron chi connectivity index (χ3n) is 8.18. The minimum absolute atomic E-state index is 0.00477. The second-order valence-corrected chi connectivity index (χ2v) is 14.4. The molecule has 0 aliphatic heterocycles. The Balaban J connectivity index is 2.98. The van der Waals surface area contributed by atoms with Gasteiger partial charge in [-0.1, -0.05) is 85.7 Å². The zero-order chi connectivity index (χ0) is 38.3. The molecule has 1 aromatic carbocycles. The molecule has 0 bridgehead atoms. The van der Waals surface area contributed by atoms with E-state index in [1.54, 1.807) is 71.9 Å². The third-order valence-corrected chi connectivity index (χ3v) is 8.18. The molecule has 0 saturated heterocycles. The van der Waals surface area contributed by atoms with Gasteiger partial charge in [0.25, 0.3) is 0 Å². The summed E-state index contributed by atoms with van der Waals surface area (Å²) in [4.78, 5) is 76.3. The summed E-state index contributed by atoms with van der Waals surface area (Å²) in [5, 5.41) is 44.2. The zero-order valence-corrected chi connectivity index (χ0v) is 30.9. The summed E-state index contributed by atoms with van der Waals surface area (Å²) in [5.41, 5.74) is 0.761. The van der Waals surface area contributed by atoms with E-state index in [-0.39, 0.29) is 36.0 Å². The van der Waals surface area contributed by atoms with E-state index in [1.807, 2.05) is 13.8 Å². The maximum Gasteiger partial charge on any atom is 0.306 e. The fourth-order valence-corrected chi connectivity index (χ4v) is 5.20. The van der Waals surface area contributed by atoms with Gasteiger partial charge in [0.2, 0.25) is 29.5 Å². The van der Waals surface area contributed by atoms with Crippen LogP contribution in [0.4, 0.5) is 0 Å². The van der Waals surface area contributed by atoms with Gasteiger partial charge in [0.05, 0.1) is 37.1 Å². The van der Waals surface area contributed by atoms with E-state index < -0.39 is 84.9 Å². The van der Waals surface area contributed by atoms with Gasteiger partial charge in [-0.2, -0.15) is 0 Å². The monoisotopic (exact) mass is 705 g/mol. The molecular formula is C36H59N5O9. The Hall–Kier alpha value is -4.04. The summed E-state index contributed by atoms with van der Waals surface area (Å²) in [6, 6.07) is 4.11. The molecule has 0 aliphatic rings. The van der Waals surface area contributed by atoms with Crippen molar-refractivity contribution in [3.05, 3.63) is 35.9 Å². The van der Waals surface area contributed by atoms with Crippen LogP contribution in [-0.2, 0) is 35.2 Å². The minimum atomic E-state index is -1.39. The average Bonchev–Trinajstić information content (AvgIpc) is 3.00. The molecule has 1 rings (SSSR count). The van der Waals surface area contributed by atoms with E-state index in [1.165, 1.54) is 6.92 Å². The Morgan fingerprint density at radius 3 is 1.56 bits per heavy atom. The molecule has 7 atom stereocenters. The highest BCUT2D eigenvalue weighted by Crippen LogP contribution is 2.14. The van der Waals surface area contributed by atoms with Crippen LogP contribution in [0.3, 0.4) is 0 Å². The molecule has 14 heteroatoms. The molecule has 0 aliphatic carbocycles. The van der Waals surface area contributed by atoms with Gasteiger partial charge in [0, 0.05) is 5.92 Å². The van der Waals surface area contributed by atoms with Crippen molar-refractivity contribution in [2.24, 2.45) is 23.7 Å². The number of carboxylic acid groups (broad SMARTS) is 1. The van der Waals surface area contributed by atoms with Gasteiger partial charge in [0.15, 0.2) is 0 Å². The second kappa shape index (κ2) is 21.2. The Morgan fingerprint density at radius 1 is 0.600 bits per heavy atom. The van der Waals surface area contributed by atoms with Crippen molar-refractivity contribution in [3.63, 3.8) is 0 Å². The first-order valence-corrected chi connectivity index (χ1v) is 17.4. The number of carboxylic acids is 1. The minimum Gasteiger partial charge on any atom is -0.481 e. The quantitative estimate of drug-likeness (QED) is 0.0921. The number of amides is 5. The van der Waals surface area contributed by atoms with Crippen molar-refractivity contribution in [2.75, 3.05) is 0 Å². The first kappa shape index (κ1) is 44.0. The van der Waals surface area contributed by atoms with Crippen LogP contribution in [0.25, 0.3) is 0 Å². The fraction of sp³-hybridized carbons (Fsp3) is 0.667. The third kappa shape index (κ3) is 15.7. The van der Waals surface area contributed by atoms with Gasteiger partial charge in [-0.05, 0) is 43.1 Å². The molecule has 0 spiro atoms. The van der Waals surface area contributed by atoms with Gasteiger partial charge < -0.3 is 41.9 Å². The number of aliphatic hydroxyl groups excluding tert-OH is 2. The van der Waals surface area contributed by atoms with E-state index in [0.29, 0.717) is 6.42 Å². The van der Waals surface area contributed by atoms with Crippen LogP contribution in [-0.4, -0.2) is 93.2 Å². The Morgan fingerprint density at radius 2 is 1.08 bits per heavy atom. The Kier molecular flexibility index (Phi) is 18.7. The van der Waals surface area contributed by atoms with E-state index >= 15 is 0 Å². The van der Waals surface area contributed by atoms with Crippen molar-refractivity contribution >= 4 is 35.5 Å². The van der Waals surface area contributed by atoms with Crippen molar-refractivity contribution < 1.29 is 44.1 Å². The van der Waals surface area contributed by atoms with Crippen molar-refractivity contribution in [1.29, 1.82) is 0 Å². The predicted octanol–water partition coefficient (Wildman–Crippen LogP) is 1.27.